The molecule has 33 heavy (non-hydrogen) atoms. The fourth-order valence-electron chi connectivity index (χ4n) is 4.39. The van der Waals surface area contributed by atoms with Gasteiger partial charge in [0.05, 0.1) is 29.6 Å². The normalized spacial score (nSPS) is 15.9. The molecule has 5 aromatic rings. The highest BCUT2D eigenvalue weighted by Gasteiger charge is 2.33. The minimum absolute atomic E-state index is 0. The lowest BCUT2D eigenvalue weighted by Gasteiger charge is -2.27. The second-order valence-corrected chi connectivity index (χ2v) is 8.08. The van der Waals surface area contributed by atoms with Crippen molar-refractivity contribution < 1.29 is 0 Å². The molecule has 1 aliphatic heterocycles. The number of rotatable bonds is 4. The number of pyridine rings is 1. The van der Waals surface area contributed by atoms with Gasteiger partial charge < -0.3 is 9.88 Å². The molecular formula is C21H20ClN9OS. The van der Waals surface area contributed by atoms with Gasteiger partial charge in [0.15, 0.2) is 17.3 Å². The number of imidazole rings is 1. The SMILES string of the molecule is O=c1c2c(Cl)ccn2nc([C@@H]2CCCN2c2ncnc3nc[nH]c23)n1Cc1ccccn1.S. The van der Waals surface area contributed by atoms with Crippen molar-refractivity contribution in [2.45, 2.75) is 25.4 Å². The summed E-state index contributed by atoms with van der Waals surface area (Å²) < 4.78 is 3.25. The van der Waals surface area contributed by atoms with Crippen molar-refractivity contribution in [2.24, 2.45) is 0 Å². The first kappa shape index (κ1) is 21.4. The van der Waals surface area contributed by atoms with Gasteiger partial charge in [0, 0.05) is 18.9 Å². The van der Waals surface area contributed by atoms with E-state index in [1.807, 2.05) is 18.2 Å². The van der Waals surface area contributed by atoms with Crippen LogP contribution < -0.4 is 10.5 Å². The maximum Gasteiger partial charge on any atom is 0.279 e. The molecule has 12 heteroatoms. The van der Waals surface area contributed by atoms with E-state index in [1.165, 1.54) is 6.33 Å². The Labute approximate surface area is 199 Å². The Morgan fingerprint density at radius 2 is 2.06 bits per heavy atom. The summed E-state index contributed by atoms with van der Waals surface area (Å²) in [7, 11) is 0. The zero-order chi connectivity index (χ0) is 21.7. The number of fused-ring (bicyclic) bond motifs is 2. The summed E-state index contributed by atoms with van der Waals surface area (Å²) in [5.74, 6) is 1.39. The van der Waals surface area contributed by atoms with Crippen molar-refractivity contribution in [1.82, 2.24) is 39.1 Å². The summed E-state index contributed by atoms with van der Waals surface area (Å²) in [6.07, 6.45) is 8.32. The minimum Gasteiger partial charge on any atom is -0.344 e. The predicted molar refractivity (Wildman–Crippen MR) is 129 cm³/mol. The number of aromatic amines is 1. The van der Waals surface area contributed by atoms with Gasteiger partial charge in [-0.3, -0.25) is 14.3 Å². The van der Waals surface area contributed by atoms with E-state index in [0.29, 0.717) is 28.6 Å². The Kier molecular flexibility index (Phi) is 5.51. The lowest BCUT2D eigenvalue weighted by atomic mass is 10.2. The van der Waals surface area contributed by atoms with Gasteiger partial charge in [0.1, 0.15) is 17.4 Å². The summed E-state index contributed by atoms with van der Waals surface area (Å²) in [5.41, 5.74) is 2.30. The highest BCUT2D eigenvalue weighted by molar-refractivity contribution is 7.59. The molecule has 10 nitrogen and oxygen atoms in total. The molecule has 1 saturated heterocycles. The molecule has 0 aliphatic carbocycles. The average Bonchev–Trinajstić information content (AvgIpc) is 3.56. The fourth-order valence-corrected chi connectivity index (χ4v) is 4.61. The van der Waals surface area contributed by atoms with Gasteiger partial charge in [-0.1, -0.05) is 17.7 Å². The van der Waals surface area contributed by atoms with Crippen LogP contribution in [0, 0.1) is 0 Å². The number of H-pyrrole nitrogens is 1. The van der Waals surface area contributed by atoms with Crippen LogP contribution in [0.25, 0.3) is 16.7 Å². The number of nitrogens with zero attached hydrogens (tertiary/aromatic N) is 8. The minimum atomic E-state index is -0.197. The molecule has 1 fully saturated rings. The zero-order valence-electron chi connectivity index (χ0n) is 17.4. The Morgan fingerprint density at radius 1 is 1.15 bits per heavy atom. The zero-order valence-corrected chi connectivity index (χ0v) is 19.1. The van der Waals surface area contributed by atoms with Crippen molar-refractivity contribution in [3.05, 3.63) is 76.2 Å². The van der Waals surface area contributed by atoms with Crippen molar-refractivity contribution >= 4 is 47.6 Å². The van der Waals surface area contributed by atoms with E-state index < -0.39 is 0 Å². The standard InChI is InChI=1S/C21H18ClN9O.H2S/c22-14-6-9-31-17(14)21(32)30(10-13-4-1-2-7-23-13)19(28-31)15-5-3-8-29(15)20-16-18(25-11-24-16)26-12-27-20;/h1-2,4,6-7,9,11-12,15H,3,5,8,10H2,(H,24,25,26,27);1H2/t15-;/m0./s1. The van der Waals surface area contributed by atoms with Gasteiger partial charge in [0.25, 0.3) is 5.56 Å². The van der Waals surface area contributed by atoms with Crippen LogP contribution in [0.4, 0.5) is 5.82 Å². The number of halogens is 1. The highest BCUT2D eigenvalue weighted by Crippen LogP contribution is 2.36. The lowest BCUT2D eigenvalue weighted by Crippen LogP contribution is -2.34. The fraction of sp³-hybridized carbons (Fsp3) is 0.238. The van der Waals surface area contributed by atoms with E-state index in [-0.39, 0.29) is 25.1 Å². The number of aromatic nitrogens is 8. The summed E-state index contributed by atoms with van der Waals surface area (Å²) in [6.45, 7) is 1.08. The van der Waals surface area contributed by atoms with Gasteiger partial charge in [-0.05, 0) is 31.0 Å². The molecule has 0 radical (unpaired) electrons. The molecule has 0 bridgehead atoms. The van der Waals surface area contributed by atoms with Crippen LogP contribution >= 0.6 is 25.1 Å². The third kappa shape index (κ3) is 3.53. The summed E-state index contributed by atoms with van der Waals surface area (Å²) in [5, 5.41) is 5.21. The molecule has 5 aromatic heterocycles. The molecule has 6 heterocycles. The van der Waals surface area contributed by atoms with Gasteiger partial charge in [-0.15, -0.1) is 0 Å². The maximum atomic E-state index is 13.5. The predicted octanol–water partition coefficient (Wildman–Crippen LogP) is 2.71. The molecule has 6 rings (SSSR count). The van der Waals surface area contributed by atoms with Crippen LogP contribution in [-0.2, 0) is 6.54 Å². The van der Waals surface area contributed by atoms with Crippen LogP contribution in [0.15, 0.2) is 54.1 Å². The van der Waals surface area contributed by atoms with E-state index in [1.54, 1.807) is 33.9 Å². The van der Waals surface area contributed by atoms with E-state index in [2.05, 4.69) is 29.8 Å². The van der Waals surface area contributed by atoms with Crippen molar-refractivity contribution in [1.29, 1.82) is 0 Å². The topological polar surface area (TPSA) is 110 Å². The molecular weight excluding hydrogens is 462 g/mol. The Morgan fingerprint density at radius 3 is 2.91 bits per heavy atom. The molecule has 1 aliphatic rings. The van der Waals surface area contributed by atoms with Gasteiger partial charge >= 0.3 is 0 Å². The number of anilines is 1. The molecule has 0 saturated carbocycles. The molecule has 0 amide bonds. The quantitative estimate of drug-likeness (QED) is 0.420. The highest BCUT2D eigenvalue weighted by atomic mass is 35.5. The van der Waals surface area contributed by atoms with Gasteiger partial charge in [-0.25, -0.2) is 19.5 Å². The Balaban J connectivity index is 0.00000228. The summed E-state index contributed by atoms with van der Waals surface area (Å²) in [4.78, 5) is 36.2. The third-order valence-electron chi connectivity index (χ3n) is 5.82. The molecule has 0 aromatic carbocycles. The first-order valence-corrected chi connectivity index (χ1v) is 10.7. The van der Waals surface area contributed by atoms with Crippen LogP contribution in [0.1, 0.15) is 30.4 Å². The van der Waals surface area contributed by atoms with Crippen molar-refractivity contribution in [3.63, 3.8) is 0 Å². The van der Waals surface area contributed by atoms with Crippen molar-refractivity contribution in [2.75, 3.05) is 11.4 Å². The average molecular weight is 482 g/mol. The van der Waals surface area contributed by atoms with Crippen LogP contribution in [0.3, 0.4) is 0 Å². The van der Waals surface area contributed by atoms with Gasteiger partial charge in [0.2, 0.25) is 0 Å². The third-order valence-corrected chi connectivity index (χ3v) is 6.13. The van der Waals surface area contributed by atoms with E-state index in [0.717, 1.165) is 36.4 Å². The van der Waals surface area contributed by atoms with Gasteiger partial charge in [-0.2, -0.15) is 18.6 Å². The van der Waals surface area contributed by atoms with E-state index in [9.17, 15) is 4.79 Å². The first-order valence-electron chi connectivity index (χ1n) is 10.3. The Hall–Kier alpha value is -3.44. The molecule has 168 valence electrons. The van der Waals surface area contributed by atoms with Crippen LogP contribution in [0.2, 0.25) is 5.02 Å². The Bertz CT molecular complexity index is 1500. The molecule has 1 N–H and O–H groups in total. The second kappa shape index (κ2) is 8.49. The molecule has 0 unspecified atom stereocenters. The maximum absolute atomic E-state index is 13.5. The largest absolute Gasteiger partial charge is 0.344 e. The summed E-state index contributed by atoms with van der Waals surface area (Å²) >= 11 is 6.31. The van der Waals surface area contributed by atoms with Crippen LogP contribution in [-0.4, -0.2) is 45.6 Å². The van der Waals surface area contributed by atoms with Crippen LogP contribution in [0.5, 0.6) is 0 Å². The van der Waals surface area contributed by atoms with Crippen molar-refractivity contribution in [3.8, 4) is 0 Å². The monoisotopic (exact) mass is 481 g/mol. The first-order chi connectivity index (χ1) is 15.7. The smallest absolute Gasteiger partial charge is 0.279 e. The van der Waals surface area contributed by atoms with E-state index >= 15 is 0 Å². The number of nitrogens with one attached hydrogen (secondary N) is 1. The molecule has 1 atom stereocenters. The number of hydrogen-bond acceptors (Lipinski definition) is 7. The summed E-state index contributed by atoms with van der Waals surface area (Å²) in [6, 6.07) is 7.18. The lowest BCUT2D eigenvalue weighted by molar-refractivity contribution is 0.551. The second-order valence-electron chi connectivity index (χ2n) is 7.68. The molecule has 0 spiro atoms. The van der Waals surface area contributed by atoms with E-state index in [4.69, 9.17) is 16.7 Å². The number of hydrogen-bond donors (Lipinski definition) is 1.